The van der Waals surface area contributed by atoms with E-state index >= 15 is 0 Å². The number of esters is 1. The van der Waals surface area contributed by atoms with Gasteiger partial charge < -0.3 is 4.74 Å². The van der Waals surface area contributed by atoms with E-state index in [9.17, 15) is 18.0 Å². The van der Waals surface area contributed by atoms with E-state index < -0.39 is 23.4 Å². The largest absolute Gasteiger partial charge is 0.458 e. The van der Waals surface area contributed by atoms with Gasteiger partial charge in [0, 0.05) is 0 Å². The summed E-state index contributed by atoms with van der Waals surface area (Å²) in [6.45, 7) is 2.02. The lowest BCUT2D eigenvalue weighted by atomic mass is 9.85. The molecule has 0 radical (unpaired) electrons. The van der Waals surface area contributed by atoms with Crippen LogP contribution in [0.3, 0.4) is 0 Å². The van der Waals surface area contributed by atoms with E-state index in [1.807, 2.05) is 6.92 Å². The molecule has 2 rings (SSSR count). The molecule has 1 aliphatic carbocycles. The molecule has 1 aromatic carbocycles. The second-order valence-electron chi connectivity index (χ2n) is 5.15. The molecule has 2 unspecified atom stereocenters. The van der Waals surface area contributed by atoms with E-state index in [0.29, 0.717) is 12.1 Å². The first-order chi connectivity index (χ1) is 9.52. The molecular weight excluding hydrogens is 269 g/mol. The fourth-order valence-electron chi connectivity index (χ4n) is 2.67. The molecule has 2 atom stereocenters. The highest BCUT2D eigenvalue weighted by Crippen LogP contribution is 2.30. The average molecular weight is 286 g/mol. The molecule has 1 aliphatic rings. The fraction of sp³-hybridized carbons (Fsp3) is 0.533. The van der Waals surface area contributed by atoms with Crippen LogP contribution in [-0.2, 0) is 4.74 Å². The van der Waals surface area contributed by atoms with Gasteiger partial charge in [0.05, 0.1) is 5.56 Å². The SMILES string of the molecule is CCC1CCCCC1OC(=O)c1cc(F)c(F)c(F)c1. The molecule has 0 aliphatic heterocycles. The van der Waals surface area contributed by atoms with E-state index in [4.69, 9.17) is 4.74 Å². The van der Waals surface area contributed by atoms with Gasteiger partial charge in [-0.05, 0) is 43.7 Å². The Labute approximate surface area is 115 Å². The number of hydrogen-bond donors (Lipinski definition) is 0. The predicted octanol–water partition coefficient (Wildman–Crippen LogP) is 4.23. The number of carbonyl (C=O) groups excluding carboxylic acids is 1. The van der Waals surface area contributed by atoms with Crippen molar-refractivity contribution in [2.24, 2.45) is 5.92 Å². The van der Waals surface area contributed by atoms with Gasteiger partial charge in [-0.15, -0.1) is 0 Å². The molecule has 0 saturated heterocycles. The second-order valence-corrected chi connectivity index (χ2v) is 5.15. The van der Waals surface area contributed by atoms with Crippen LogP contribution in [0.2, 0.25) is 0 Å². The predicted molar refractivity (Wildman–Crippen MR) is 67.8 cm³/mol. The van der Waals surface area contributed by atoms with Gasteiger partial charge in [-0.25, -0.2) is 18.0 Å². The van der Waals surface area contributed by atoms with Crippen molar-refractivity contribution in [1.29, 1.82) is 0 Å². The average Bonchev–Trinajstić information content (AvgIpc) is 2.44. The van der Waals surface area contributed by atoms with Crippen LogP contribution in [0.5, 0.6) is 0 Å². The van der Waals surface area contributed by atoms with Crippen molar-refractivity contribution in [3.63, 3.8) is 0 Å². The van der Waals surface area contributed by atoms with Crippen LogP contribution in [0.1, 0.15) is 49.4 Å². The van der Waals surface area contributed by atoms with Crippen LogP contribution in [0, 0.1) is 23.4 Å². The number of halogens is 3. The maximum atomic E-state index is 13.1. The zero-order valence-corrected chi connectivity index (χ0v) is 11.3. The van der Waals surface area contributed by atoms with Crippen LogP contribution < -0.4 is 0 Å². The first-order valence-corrected chi connectivity index (χ1v) is 6.88. The Morgan fingerprint density at radius 3 is 2.40 bits per heavy atom. The molecule has 0 aromatic heterocycles. The molecule has 110 valence electrons. The van der Waals surface area contributed by atoms with Gasteiger partial charge in [0.2, 0.25) is 0 Å². The van der Waals surface area contributed by atoms with Crippen molar-refractivity contribution >= 4 is 5.97 Å². The van der Waals surface area contributed by atoms with E-state index in [0.717, 1.165) is 32.1 Å². The first kappa shape index (κ1) is 14.9. The van der Waals surface area contributed by atoms with Crippen molar-refractivity contribution in [3.8, 4) is 0 Å². The lowest BCUT2D eigenvalue weighted by Gasteiger charge is -2.30. The van der Waals surface area contributed by atoms with Crippen molar-refractivity contribution in [2.75, 3.05) is 0 Å². The number of rotatable bonds is 3. The summed E-state index contributed by atoms with van der Waals surface area (Å²) >= 11 is 0. The van der Waals surface area contributed by atoms with Gasteiger partial charge in [0.1, 0.15) is 6.10 Å². The smallest absolute Gasteiger partial charge is 0.338 e. The third kappa shape index (κ3) is 3.14. The van der Waals surface area contributed by atoms with Crippen molar-refractivity contribution in [3.05, 3.63) is 35.1 Å². The van der Waals surface area contributed by atoms with Gasteiger partial charge in [0.15, 0.2) is 17.5 Å². The number of ether oxygens (including phenoxy) is 1. The lowest BCUT2D eigenvalue weighted by molar-refractivity contribution is 0.000601. The zero-order chi connectivity index (χ0) is 14.7. The van der Waals surface area contributed by atoms with Gasteiger partial charge in [0.25, 0.3) is 0 Å². The Morgan fingerprint density at radius 2 is 1.80 bits per heavy atom. The maximum Gasteiger partial charge on any atom is 0.338 e. The Hall–Kier alpha value is -1.52. The highest BCUT2D eigenvalue weighted by Gasteiger charge is 2.28. The monoisotopic (exact) mass is 286 g/mol. The van der Waals surface area contributed by atoms with Gasteiger partial charge in [-0.1, -0.05) is 13.3 Å². The summed E-state index contributed by atoms with van der Waals surface area (Å²) in [5, 5.41) is 0. The number of benzene rings is 1. The molecule has 20 heavy (non-hydrogen) atoms. The van der Waals surface area contributed by atoms with E-state index in [-0.39, 0.29) is 17.6 Å². The molecule has 0 bridgehead atoms. The summed E-state index contributed by atoms with van der Waals surface area (Å²) in [6.07, 6.45) is 4.49. The molecule has 0 N–H and O–H groups in total. The normalized spacial score (nSPS) is 22.6. The summed E-state index contributed by atoms with van der Waals surface area (Å²) in [6, 6.07) is 1.34. The summed E-state index contributed by atoms with van der Waals surface area (Å²) < 4.78 is 44.4. The molecule has 1 fully saturated rings. The molecule has 5 heteroatoms. The van der Waals surface area contributed by atoms with Crippen LogP contribution in [0.4, 0.5) is 13.2 Å². The minimum atomic E-state index is -1.58. The maximum absolute atomic E-state index is 13.1. The molecule has 0 heterocycles. The molecule has 0 amide bonds. The molecular formula is C15H17F3O2. The Kier molecular flexibility index (Phi) is 4.68. The van der Waals surface area contributed by atoms with Crippen LogP contribution >= 0.6 is 0 Å². The summed E-state index contributed by atoms with van der Waals surface area (Å²) in [5.74, 6) is -4.86. The van der Waals surface area contributed by atoms with Crippen LogP contribution in [0.25, 0.3) is 0 Å². The van der Waals surface area contributed by atoms with Crippen molar-refractivity contribution < 1.29 is 22.7 Å². The quantitative estimate of drug-likeness (QED) is 0.614. The minimum Gasteiger partial charge on any atom is -0.458 e. The topological polar surface area (TPSA) is 26.3 Å². The van der Waals surface area contributed by atoms with Crippen LogP contribution in [-0.4, -0.2) is 12.1 Å². The highest BCUT2D eigenvalue weighted by molar-refractivity contribution is 5.89. The van der Waals surface area contributed by atoms with Gasteiger partial charge in [-0.2, -0.15) is 0 Å². The minimum absolute atomic E-state index is 0.225. The molecule has 1 saturated carbocycles. The van der Waals surface area contributed by atoms with Crippen molar-refractivity contribution in [1.82, 2.24) is 0 Å². The molecule has 1 aromatic rings. The third-order valence-electron chi connectivity index (χ3n) is 3.84. The van der Waals surface area contributed by atoms with Crippen molar-refractivity contribution in [2.45, 2.75) is 45.1 Å². The summed E-state index contributed by atoms with van der Waals surface area (Å²) in [7, 11) is 0. The standard InChI is InChI=1S/C15H17F3O2/c1-2-9-5-3-4-6-13(9)20-15(19)10-7-11(16)14(18)12(17)8-10/h7-9,13H,2-6H2,1H3. The fourth-order valence-corrected chi connectivity index (χ4v) is 2.67. The summed E-state index contributed by atoms with van der Waals surface area (Å²) in [5.41, 5.74) is -0.290. The van der Waals surface area contributed by atoms with Gasteiger partial charge >= 0.3 is 5.97 Å². The Balaban J connectivity index is 2.11. The Bertz CT molecular complexity index is 479. The summed E-state index contributed by atoms with van der Waals surface area (Å²) in [4.78, 5) is 11.9. The van der Waals surface area contributed by atoms with E-state index in [1.165, 1.54) is 0 Å². The Morgan fingerprint density at radius 1 is 1.20 bits per heavy atom. The molecule has 0 spiro atoms. The number of carbonyl (C=O) groups is 1. The number of hydrogen-bond acceptors (Lipinski definition) is 2. The highest BCUT2D eigenvalue weighted by atomic mass is 19.2. The van der Waals surface area contributed by atoms with Crippen LogP contribution in [0.15, 0.2) is 12.1 Å². The van der Waals surface area contributed by atoms with E-state index in [1.54, 1.807) is 0 Å². The second kappa shape index (κ2) is 6.29. The lowest BCUT2D eigenvalue weighted by Crippen LogP contribution is -2.29. The first-order valence-electron chi connectivity index (χ1n) is 6.88. The van der Waals surface area contributed by atoms with Gasteiger partial charge in [-0.3, -0.25) is 0 Å². The molecule has 2 nitrogen and oxygen atoms in total. The van der Waals surface area contributed by atoms with E-state index in [2.05, 4.69) is 0 Å². The zero-order valence-electron chi connectivity index (χ0n) is 11.3. The third-order valence-corrected chi connectivity index (χ3v) is 3.84.